The van der Waals surface area contributed by atoms with E-state index in [9.17, 15) is 0 Å². The van der Waals surface area contributed by atoms with Crippen LogP contribution >= 0.6 is 0 Å². The fourth-order valence-electron chi connectivity index (χ4n) is 1.02. The summed E-state index contributed by atoms with van der Waals surface area (Å²) in [6.45, 7) is 7.38. The van der Waals surface area contributed by atoms with Gasteiger partial charge in [0, 0.05) is 6.61 Å². The van der Waals surface area contributed by atoms with Crippen LogP contribution in [-0.2, 0) is 4.74 Å². The predicted molar refractivity (Wildman–Crippen MR) is 66.5 cm³/mol. The lowest BCUT2D eigenvalue weighted by molar-refractivity contribution is -0.127. The Morgan fingerprint density at radius 2 is 1.71 bits per heavy atom. The molecule has 0 saturated carbocycles. The predicted octanol–water partition coefficient (Wildman–Crippen LogP) is 0.642. The van der Waals surface area contributed by atoms with Gasteiger partial charge in [-0.3, -0.25) is 0 Å². The van der Waals surface area contributed by atoms with Crippen molar-refractivity contribution in [3.8, 4) is 0 Å². The number of ether oxygens (including phenoxy) is 1. The monoisotopic (exact) mass is 252 g/mol. The SMILES string of the molecule is CC(C)(O)O.CCC.OCC(O)C1CCCO1. The molecule has 106 valence electrons. The van der Waals surface area contributed by atoms with Gasteiger partial charge in [-0.2, -0.15) is 0 Å². The van der Waals surface area contributed by atoms with Crippen molar-refractivity contribution in [2.75, 3.05) is 13.2 Å². The van der Waals surface area contributed by atoms with Crippen molar-refractivity contribution in [1.82, 2.24) is 0 Å². The van der Waals surface area contributed by atoms with Crippen LogP contribution < -0.4 is 0 Å². The highest BCUT2D eigenvalue weighted by Crippen LogP contribution is 2.14. The molecule has 1 rings (SSSR count). The van der Waals surface area contributed by atoms with Gasteiger partial charge in [0.1, 0.15) is 6.10 Å². The van der Waals surface area contributed by atoms with Gasteiger partial charge in [-0.25, -0.2) is 0 Å². The second-order valence-electron chi connectivity index (χ2n) is 4.50. The van der Waals surface area contributed by atoms with E-state index in [1.807, 2.05) is 0 Å². The largest absolute Gasteiger partial charge is 0.394 e. The van der Waals surface area contributed by atoms with E-state index in [-0.39, 0.29) is 12.7 Å². The highest BCUT2D eigenvalue weighted by molar-refractivity contribution is 4.72. The summed E-state index contributed by atoms with van der Waals surface area (Å²) in [6, 6.07) is 0. The molecule has 0 aromatic heterocycles. The lowest BCUT2D eigenvalue weighted by atomic mass is 10.1. The van der Waals surface area contributed by atoms with Gasteiger partial charge >= 0.3 is 0 Å². The second-order valence-corrected chi connectivity index (χ2v) is 4.50. The summed E-state index contributed by atoms with van der Waals surface area (Å²) in [5.74, 6) is -1.50. The Morgan fingerprint density at radius 3 is 1.94 bits per heavy atom. The molecule has 1 heterocycles. The summed E-state index contributed by atoms with van der Waals surface area (Å²) in [6.07, 6.45) is 2.34. The number of aliphatic hydroxyl groups excluding tert-OH is 2. The minimum atomic E-state index is -1.50. The van der Waals surface area contributed by atoms with E-state index in [4.69, 9.17) is 25.2 Å². The summed E-state index contributed by atoms with van der Waals surface area (Å²) in [5, 5.41) is 33.6. The fraction of sp³-hybridized carbons (Fsp3) is 1.00. The molecule has 1 saturated heterocycles. The van der Waals surface area contributed by atoms with Gasteiger partial charge in [-0.1, -0.05) is 20.3 Å². The van der Waals surface area contributed by atoms with Crippen molar-refractivity contribution in [3.63, 3.8) is 0 Å². The third kappa shape index (κ3) is 18.4. The third-order valence-corrected chi connectivity index (χ3v) is 1.58. The van der Waals surface area contributed by atoms with E-state index in [0.29, 0.717) is 0 Å². The van der Waals surface area contributed by atoms with Crippen molar-refractivity contribution >= 4 is 0 Å². The van der Waals surface area contributed by atoms with Gasteiger partial charge in [0.2, 0.25) is 0 Å². The topological polar surface area (TPSA) is 90.2 Å². The highest BCUT2D eigenvalue weighted by Gasteiger charge is 2.22. The lowest BCUT2D eigenvalue weighted by Gasteiger charge is -2.13. The number of aliphatic hydroxyl groups is 4. The normalized spacial score (nSPS) is 20.8. The zero-order valence-electron chi connectivity index (χ0n) is 11.4. The van der Waals surface area contributed by atoms with E-state index >= 15 is 0 Å². The Hall–Kier alpha value is -0.200. The maximum atomic E-state index is 8.98. The Kier molecular flexibility index (Phi) is 12.3. The van der Waals surface area contributed by atoms with Gasteiger partial charge in [0.05, 0.1) is 12.7 Å². The Balaban J connectivity index is 0. The molecule has 0 bridgehead atoms. The molecule has 4 N–H and O–H groups in total. The van der Waals surface area contributed by atoms with Crippen LogP contribution in [0.5, 0.6) is 0 Å². The summed E-state index contributed by atoms with van der Waals surface area (Å²) < 4.78 is 5.10. The molecule has 0 spiro atoms. The molecule has 2 unspecified atom stereocenters. The van der Waals surface area contributed by atoms with Crippen LogP contribution in [-0.4, -0.2) is 51.6 Å². The van der Waals surface area contributed by atoms with Crippen LogP contribution in [0.15, 0.2) is 0 Å². The quantitative estimate of drug-likeness (QED) is 0.542. The van der Waals surface area contributed by atoms with Gasteiger partial charge in [0.25, 0.3) is 0 Å². The molecular weight excluding hydrogens is 224 g/mol. The van der Waals surface area contributed by atoms with Gasteiger partial charge in [-0.05, 0) is 26.7 Å². The average Bonchev–Trinajstić information content (AvgIpc) is 2.68. The summed E-state index contributed by atoms with van der Waals surface area (Å²) in [7, 11) is 0. The van der Waals surface area contributed by atoms with Crippen molar-refractivity contribution in [2.45, 2.75) is 65.0 Å². The van der Waals surface area contributed by atoms with E-state index in [0.717, 1.165) is 19.4 Å². The molecule has 5 heteroatoms. The first-order valence-corrected chi connectivity index (χ1v) is 6.11. The first kappa shape index (κ1) is 19.1. The minimum Gasteiger partial charge on any atom is -0.394 e. The van der Waals surface area contributed by atoms with Crippen molar-refractivity contribution in [1.29, 1.82) is 0 Å². The van der Waals surface area contributed by atoms with Crippen LogP contribution in [0.4, 0.5) is 0 Å². The van der Waals surface area contributed by atoms with Gasteiger partial charge in [-0.15, -0.1) is 0 Å². The highest BCUT2D eigenvalue weighted by atomic mass is 16.5. The first-order chi connectivity index (χ1) is 7.76. The van der Waals surface area contributed by atoms with Crippen LogP contribution in [0.2, 0.25) is 0 Å². The minimum absolute atomic E-state index is 0.116. The number of hydrogen-bond acceptors (Lipinski definition) is 5. The summed E-state index contributed by atoms with van der Waals surface area (Å²) >= 11 is 0. The van der Waals surface area contributed by atoms with Crippen molar-refractivity contribution in [3.05, 3.63) is 0 Å². The maximum Gasteiger partial charge on any atom is 0.156 e. The van der Waals surface area contributed by atoms with Crippen LogP contribution in [0.1, 0.15) is 47.0 Å². The van der Waals surface area contributed by atoms with Crippen molar-refractivity contribution < 1.29 is 25.2 Å². The molecule has 0 amide bonds. The van der Waals surface area contributed by atoms with E-state index < -0.39 is 11.9 Å². The third-order valence-electron chi connectivity index (χ3n) is 1.58. The zero-order chi connectivity index (χ0) is 13.9. The molecule has 17 heavy (non-hydrogen) atoms. The van der Waals surface area contributed by atoms with Crippen molar-refractivity contribution in [2.24, 2.45) is 0 Å². The zero-order valence-corrected chi connectivity index (χ0v) is 11.4. The van der Waals surface area contributed by atoms with E-state index in [1.165, 1.54) is 20.3 Å². The Labute approximate surface area is 104 Å². The first-order valence-electron chi connectivity index (χ1n) is 6.11. The molecule has 0 aromatic carbocycles. The van der Waals surface area contributed by atoms with E-state index in [2.05, 4.69) is 13.8 Å². The van der Waals surface area contributed by atoms with E-state index in [1.54, 1.807) is 0 Å². The van der Waals surface area contributed by atoms with Crippen LogP contribution in [0.3, 0.4) is 0 Å². The standard InChI is InChI=1S/C6H12O3.C3H8O2.C3H8/c7-4-5(8)6-2-1-3-9-6;1-3(2,4)5;1-3-2/h5-8H,1-4H2;4-5H,1-2H3;3H2,1-2H3. The Morgan fingerprint density at radius 1 is 1.29 bits per heavy atom. The number of rotatable bonds is 2. The smallest absolute Gasteiger partial charge is 0.156 e. The molecule has 0 aromatic rings. The molecule has 1 aliphatic rings. The molecular formula is C12H28O5. The fourth-order valence-corrected chi connectivity index (χ4v) is 1.02. The van der Waals surface area contributed by atoms with Crippen LogP contribution in [0, 0.1) is 0 Å². The second kappa shape index (κ2) is 10.9. The summed E-state index contributed by atoms with van der Waals surface area (Å²) in [5.41, 5.74) is 0. The molecule has 5 nitrogen and oxygen atoms in total. The summed E-state index contributed by atoms with van der Waals surface area (Å²) in [4.78, 5) is 0. The molecule has 1 aliphatic heterocycles. The molecule has 0 aliphatic carbocycles. The average molecular weight is 252 g/mol. The van der Waals surface area contributed by atoms with Crippen LogP contribution in [0.25, 0.3) is 0 Å². The maximum absolute atomic E-state index is 8.98. The Bertz CT molecular complexity index is 143. The lowest BCUT2D eigenvalue weighted by Crippen LogP contribution is -2.28. The molecule has 0 radical (unpaired) electrons. The molecule has 2 atom stereocenters. The van der Waals surface area contributed by atoms with Gasteiger partial charge < -0.3 is 25.2 Å². The molecule has 1 fully saturated rings. The van der Waals surface area contributed by atoms with Gasteiger partial charge in [0.15, 0.2) is 5.79 Å². The number of hydrogen-bond donors (Lipinski definition) is 4.